The molecule has 0 radical (unpaired) electrons. The number of carbonyl (C=O) groups excluding carboxylic acids is 1. The summed E-state index contributed by atoms with van der Waals surface area (Å²) >= 11 is 7.22. The number of nitro benzene ring substituents is 1. The topological polar surface area (TPSA) is 82.2 Å². The molecule has 6 nitrogen and oxygen atoms in total. The van der Waals surface area contributed by atoms with E-state index in [1.54, 1.807) is 24.3 Å². The number of nitro groups is 1. The van der Waals surface area contributed by atoms with Crippen LogP contribution in [0, 0.1) is 10.1 Å². The third-order valence-corrected chi connectivity index (χ3v) is 6.18. The van der Waals surface area contributed by atoms with Crippen molar-refractivity contribution in [3.8, 4) is 21.7 Å². The van der Waals surface area contributed by atoms with Crippen LogP contribution < -0.4 is 5.43 Å². The fraction of sp³-hybridized carbons (Fsp3) is 0. The fourth-order valence-corrected chi connectivity index (χ4v) is 4.71. The summed E-state index contributed by atoms with van der Waals surface area (Å²) in [7, 11) is 0. The summed E-state index contributed by atoms with van der Waals surface area (Å²) < 4.78 is 1.82. The van der Waals surface area contributed by atoms with E-state index >= 15 is 0 Å². The summed E-state index contributed by atoms with van der Waals surface area (Å²) in [5.41, 5.74) is 1.52. The van der Waals surface area contributed by atoms with Gasteiger partial charge >= 0.3 is 0 Å². The van der Waals surface area contributed by atoms with E-state index in [4.69, 9.17) is 11.6 Å². The van der Waals surface area contributed by atoms with Crippen molar-refractivity contribution in [3.05, 3.63) is 85.5 Å². The van der Waals surface area contributed by atoms with Crippen LogP contribution in [0.25, 0.3) is 31.9 Å². The first-order valence-electron chi connectivity index (χ1n) is 8.24. The largest absolute Gasteiger partial charge is 0.288 e. The molecule has 0 atom stereocenters. The van der Waals surface area contributed by atoms with Crippen molar-refractivity contribution in [1.29, 1.82) is 0 Å². The van der Waals surface area contributed by atoms with Gasteiger partial charge in [-0.2, -0.15) is 0 Å². The van der Waals surface area contributed by atoms with Crippen molar-refractivity contribution in [1.82, 2.24) is 4.57 Å². The Labute approximate surface area is 166 Å². The summed E-state index contributed by atoms with van der Waals surface area (Å²) in [5, 5.41) is 12.0. The van der Waals surface area contributed by atoms with E-state index in [1.165, 1.54) is 34.1 Å². The molecule has 0 amide bonds. The fourth-order valence-electron chi connectivity index (χ4n) is 3.53. The second-order valence-corrected chi connectivity index (χ2v) is 7.81. The van der Waals surface area contributed by atoms with Gasteiger partial charge in [0.1, 0.15) is 0 Å². The second-order valence-electron chi connectivity index (χ2n) is 6.32. The molecule has 0 bridgehead atoms. The molecule has 136 valence electrons. The van der Waals surface area contributed by atoms with E-state index in [9.17, 15) is 19.7 Å². The van der Waals surface area contributed by atoms with Crippen molar-refractivity contribution in [2.24, 2.45) is 0 Å². The Balaban J connectivity index is 1.83. The highest BCUT2D eigenvalue weighted by molar-refractivity contribution is 7.22. The van der Waals surface area contributed by atoms with E-state index in [0.29, 0.717) is 15.2 Å². The minimum absolute atomic E-state index is 0.191. The van der Waals surface area contributed by atoms with E-state index in [2.05, 4.69) is 0 Å². The lowest BCUT2D eigenvalue weighted by atomic mass is 10.0. The van der Waals surface area contributed by atoms with E-state index in [0.717, 1.165) is 10.4 Å². The number of hydrogen-bond donors (Lipinski definition) is 0. The van der Waals surface area contributed by atoms with Crippen molar-refractivity contribution in [2.45, 2.75) is 0 Å². The maximum Gasteiger partial charge on any atom is 0.279 e. The van der Waals surface area contributed by atoms with Gasteiger partial charge in [0.15, 0.2) is 5.43 Å². The van der Waals surface area contributed by atoms with Crippen molar-refractivity contribution in [3.63, 3.8) is 0 Å². The lowest BCUT2D eigenvalue weighted by Crippen LogP contribution is -2.11. The first-order valence-corrected chi connectivity index (χ1v) is 9.43. The summed E-state index contributed by atoms with van der Waals surface area (Å²) in [6.07, 6.45) is 0. The minimum atomic E-state index is -0.538. The zero-order chi connectivity index (χ0) is 19.6. The number of nitrogens with zero attached hydrogens (tertiary/aromatic N) is 2. The van der Waals surface area contributed by atoms with Crippen LogP contribution in [0.15, 0.2) is 59.4 Å². The molecular weight excluding hydrogens is 400 g/mol. The number of fused-ring (bicyclic) bond motifs is 5. The quantitative estimate of drug-likeness (QED) is 0.305. The van der Waals surface area contributed by atoms with Crippen molar-refractivity contribution >= 4 is 44.7 Å². The van der Waals surface area contributed by atoms with Crippen LogP contribution in [0.3, 0.4) is 0 Å². The molecule has 0 N–H and O–H groups in total. The molecule has 0 saturated heterocycles. The van der Waals surface area contributed by atoms with Gasteiger partial charge in [0.25, 0.3) is 11.6 Å². The number of benzene rings is 2. The Morgan fingerprint density at radius 1 is 1.04 bits per heavy atom. The van der Waals surface area contributed by atoms with E-state index < -0.39 is 4.92 Å². The minimum Gasteiger partial charge on any atom is -0.288 e. The van der Waals surface area contributed by atoms with Gasteiger partial charge in [-0.05, 0) is 29.8 Å². The number of pyridine rings is 1. The number of carbonyl (C=O) groups is 1. The van der Waals surface area contributed by atoms with Gasteiger partial charge in [0, 0.05) is 22.0 Å². The number of aromatic nitrogens is 1. The molecule has 1 aliphatic rings. The number of halogens is 1. The van der Waals surface area contributed by atoms with E-state index in [-0.39, 0.29) is 33.8 Å². The summed E-state index contributed by atoms with van der Waals surface area (Å²) in [6.45, 7) is 0. The van der Waals surface area contributed by atoms with Crippen LogP contribution in [0.5, 0.6) is 0 Å². The summed E-state index contributed by atoms with van der Waals surface area (Å²) in [5.74, 6) is -0.376. The van der Waals surface area contributed by atoms with Crippen LogP contribution in [0.1, 0.15) is 10.4 Å². The molecule has 1 aliphatic heterocycles. The SMILES string of the molecule is O=C1c2cccc([N+](=O)[O-])c2-c2cc(=O)c3sc(-c4ccc(Cl)cc4)cc3n21. The molecule has 8 heteroatoms. The molecule has 0 unspecified atom stereocenters. The highest BCUT2D eigenvalue weighted by atomic mass is 35.5. The third kappa shape index (κ3) is 2.27. The number of thiophene rings is 1. The monoisotopic (exact) mass is 408 g/mol. The first kappa shape index (κ1) is 16.9. The first-order chi connectivity index (χ1) is 13.5. The van der Waals surface area contributed by atoms with Gasteiger partial charge in [0.2, 0.25) is 0 Å². The zero-order valence-electron chi connectivity index (χ0n) is 14.0. The third-order valence-electron chi connectivity index (χ3n) is 4.74. The molecule has 28 heavy (non-hydrogen) atoms. The van der Waals surface area contributed by atoms with Crippen LogP contribution in [0.4, 0.5) is 5.69 Å². The molecule has 0 spiro atoms. The molecule has 2 aromatic heterocycles. The average molecular weight is 409 g/mol. The predicted molar refractivity (Wildman–Crippen MR) is 108 cm³/mol. The van der Waals surface area contributed by atoms with Crippen molar-refractivity contribution < 1.29 is 9.72 Å². The van der Waals surface area contributed by atoms with Gasteiger partial charge in [-0.1, -0.05) is 29.8 Å². The van der Waals surface area contributed by atoms with Gasteiger partial charge in [0.05, 0.1) is 32.0 Å². The molecule has 0 fully saturated rings. The molecule has 4 aromatic rings. The van der Waals surface area contributed by atoms with Crippen LogP contribution in [0.2, 0.25) is 5.02 Å². The Hall–Kier alpha value is -3.29. The van der Waals surface area contributed by atoms with Gasteiger partial charge in [-0.3, -0.25) is 24.3 Å². The van der Waals surface area contributed by atoms with E-state index in [1.807, 2.05) is 12.1 Å². The highest BCUT2D eigenvalue weighted by Crippen LogP contribution is 2.42. The predicted octanol–water partition coefficient (Wildman–Crippen LogP) is 4.96. The number of rotatable bonds is 2. The van der Waals surface area contributed by atoms with Gasteiger partial charge < -0.3 is 0 Å². The van der Waals surface area contributed by atoms with Crippen molar-refractivity contribution in [2.75, 3.05) is 0 Å². The standard InChI is InChI=1S/C20H9ClN2O4S/c21-11-6-4-10(5-7-11)17-9-15-19(28-17)16(24)8-14-18-12(20(25)22(14)15)2-1-3-13(18)23(26)27/h1-9H. The molecule has 2 aromatic carbocycles. The van der Waals surface area contributed by atoms with Crippen LogP contribution in [-0.2, 0) is 0 Å². The van der Waals surface area contributed by atoms with Gasteiger partial charge in [-0.15, -0.1) is 11.3 Å². The maximum atomic E-state index is 13.0. The summed E-state index contributed by atoms with van der Waals surface area (Å²) in [4.78, 5) is 37.4. The molecule has 3 heterocycles. The Morgan fingerprint density at radius 2 is 1.79 bits per heavy atom. The zero-order valence-corrected chi connectivity index (χ0v) is 15.6. The lowest BCUT2D eigenvalue weighted by molar-refractivity contribution is -0.384. The summed E-state index contributed by atoms with van der Waals surface area (Å²) in [6, 6.07) is 14.6. The Bertz CT molecular complexity index is 1390. The van der Waals surface area contributed by atoms with Crippen LogP contribution in [-0.4, -0.2) is 15.4 Å². The highest BCUT2D eigenvalue weighted by Gasteiger charge is 2.34. The lowest BCUT2D eigenvalue weighted by Gasteiger charge is -2.04. The second kappa shape index (κ2) is 5.85. The molecule has 0 aliphatic carbocycles. The molecule has 0 saturated carbocycles. The molecular formula is C20H9ClN2O4S. The smallest absolute Gasteiger partial charge is 0.279 e. The maximum absolute atomic E-state index is 13.0. The molecule has 5 rings (SSSR count). The van der Waals surface area contributed by atoms with Gasteiger partial charge in [-0.25, -0.2) is 0 Å². The number of hydrogen-bond acceptors (Lipinski definition) is 5. The Morgan fingerprint density at radius 3 is 2.50 bits per heavy atom. The Kier molecular flexibility index (Phi) is 3.52. The van der Waals surface area contributed by atoms with Crippen LogP contribution >= 0.6 is 22.9 Å². The average Bonchev–Trinajstić information content (AvgIpc) is 3.23. The normalized spacial score (nSPS) is 12.2.